The van der Waals surface area contributed by atoms with E-state index in [9.17, 15) is 9.18 Å². The normalized spacial score (nSPS) is 10.6. The van der Waals surface area contributed by atoms with Crippen molar-refractivity contribution in [2.45, 2.75) is 12.8 Å². The van der Waals surface area contributed by atoms with Crippen LogP contribution in [0.1, 0.15) is 12.0 Å². The third-order valence-electron chi connectivity index (χ3n) is 3.92. The first-order valence-corrected chi connectivity index (χ1v) is 8.34. The lowest BCUT2D eigenvalue weighted by Gasteiger charge is -2.08. The van der Waals surface area contributed by atoms with Gasteiger partial charge in [-0.25, -0.2) is 4.39 Å². The van der Waals surface area contributed by atoms with Gasteiger partial charge < -0.3 is 10.1 Å². The average Bonchev–Trinajstić information content (AvgIpc) is 2.63. The van der Waals surface area contributed by atoms with Crippen molar-refractivity contribution in [2.75, 3.05) is 13.2 Å². The van der Waals surface area contributed by atoms with E-state index in [0.29, 0.717) is 26.0 Å². The van der Waals surface area contributed by atoms with Gasteiger partial charge in [0.2, 0.25) is 5.91 Å². The second-order valence-corrected chi connectivity index (χ2v) is 5.84. The number of carbonyl (C=O) groups is 1. The molecule has 0 unspecified atom stereocenters. The topological polar surface area (TPSA) is 38.3 Å². The number of ether oxygens (including phenoxy) is 1. The van der Waals surface area contributed by atoms with Gasteiger partial charge in [-0.15, -0.1) is 0 Å². The predicted octanol–water partition coefficient (Wildman–Crippen LogP) is 4.11. The fourth-order valence-electron chi connectivity index (χ4n) is 2.64. The number of nitrogens with one attached hydrogen (secondary N) is 1. The molecule has 3 nitrogen and oxygen atoms in total. The first-order chi connectivity index (χ1) is 12.2. The van der Waals surface area contributed by atoms with E-state index >= 15 is 0 Å². The van der Waals surface area contributed by atoms with Gasteiger partial charge in [0.05, 0.1) is 13.0 Å². The molecule has 0 aromatic heterocycles. The molecule has 3 aromatic carbocycles. The first-order valence-electron chi connectivity index (χ1n) is 8.34. The molecule has 128 valence electrons. The van der Waals surface area contributed by atoms with Gasteiger partial charge >= 0.3 is 0 Å². The maximum absolute atomic E-state index is 13.4. The molecule has 3 rings (SSSR count). The average molecular weight is 337 g/mol. The molecular weight excluding hydrogens is 317 g/mol. The molecule has 0 aliphatic rings. The summed E-state index contributed by atoms with van der Waals surface area (Å²) in [6, 6.07) is 20.4. The smallest absolute Gasteiger partial charge is 0.224 e. The molecule has 0 bridgehead atoms. The van der Waals surface area contributed by atoms with Crippen LogP contribution >= 0.6 is 0 Å². The molecule has 0 saturated heterocycles. The summed E-state index contributed by atoms with van der Waals surface area (Å²) in [6.07, 6.45) is 0.969. The molecule has 0 radical (unpaired) electrons. The van der Waals surface area contributed by atoms with E-state index in [1.54, 1.807) is 18.2 Å². The highest BCUT2D eigenvalue weighted by atomic mass is 19.1. The van der Waals surface area contributed by atoms with Gasteiger partial charge in [-0.3, -0.25) is 4.79 Å². The van der Waals surface area contributed by atoms with Crippen LogP contribution in [0.5, 0.6) is 5.75 Å². The largest absolute Gasteiger partial charge is 0.490 e. The quantitative estimate of drug-likeness (QED) is 0.659. The zero-order valence-corrected chi connectivity index (χ0v) is 13.9. The van der Waals surface area contributed by atoms with Crippen LogP contribution in [-0.2, 0) is 11.2 Å². The molecule has 0 aliphatic carbocycles. The monoisotopic (exact) mass is 337 g/mol. The van der Waals surface area contributed by atoms with E-state index in [1.165, 1.54) is 6.07 Å². The molecule has 3 aromatic rings. The van der Waals surface area contributed by atoms with E-state index in [0.717, 1.165) is 16.3 Å². The molecule has 0 aliphatic heterocycles. The minimum absolute atomic E-state index is 0.0267. The highest BCUT2D eigenvalue weighted by Gasteiger charge is 2.05. The summed E-state index contributed by atoms with van der Waals surface area (Å²) in [7, 11) is 0. The Hall–Kier alpha value is -2.88. The van der Waals surface area contributed by atoms with Crippen LogP contribution in [0.15, 0.2) is 66.7 Å². The maximum atomic E-state index is 13.4. The van der Waals surface area contributed by atoms with Gasteiger partial charge in [-0.2, -0.15) is 0 Å². The molecule has 0 saturated carbocycles. The Labute approximate surface area is 146 Å². The van der Waals surface area contributed by atoms with Crippen molar-refractivity contribution < 1.29 is 13.9 Å². The molecule has 1 amide bonds. The highest BCUT2D eigenvalue weighted by Crippen LogP contribution is 2.16. The third kappa shape index (κ3) is 4.80. The summed E-state index contributed by atoms with van der Waals surface area (Å²) >= 11 is 0. The molecule has 25 heavy (non-hydrogen) atoms. The Morgan fingerprint density at radius 1 is 0.960 bits per heavy atom. The highest BCUT2D eigenvalue weighted by molar-refractivity contribution is 5.85. The standard InChI is InChI=1S/C21H20FNO2/c22-19-8-3-4-9-20(19)25-13-5-12-23-21(24)15-16-10-11-17-6-1-2-7-18(17)14-16/h1-4,6-11,14H,5,12-13,15H2,(H,23,24). The van der Waals surface area contributed by atoms with Crippen molar-refractivity contribution >= 4 is 16.7 Å². The van der Waals surface area contributed by atoms with Crippen molar-refractivity contribution in [3.63, 3.8) is 0 Å². The van der Waals surface area contributed by atoms with E-state index in [1.807, 2.05) is 36.4 Å². The summed E-state index contributed by atoms with van der Waals surface area (Å²) in [5.74, 6) is -0.158. The number of para-hydroxylation sites is 1. The van der Waals surface area contributed by atoms with Crippen LogP contribution < -0.4 is 10.1 Å². The van der Waals surface area contributed by atoms with Gasteiger partial charge in [-0.05, 0) is 34.9 Å². The van der Waals surface area contributed by atoms with E-state index in [-0.39, 0.29) is 17.5 Å². The lowest BCUT2D eigenvalue weighted by Crippen LogP contribution is -2.27. The van der Waals surface area contributed by atoms with Crippen LogP contribution in [0.2, 0.25) is 0 Å². The molecule has 0 atom stereocenters. The second-order valence-electron chi connectivity index (χ2n) is 5.84. The number of amides is 1. The Morgan fingerprint density at radius 3 is 2.56 bits per heavy atom. The molecule has 1 N–H and O–H groups in total. The Morgan fingerprint density at radius 2 is 1.72 bits per heavy atom. The summed E-state index contributed by atoms with van der Waals surface area (Å²) in [4.78, 5) is 12.0. The zero-order valence-electron chi connectivity index (χ0n) is 13.9. The van der Waals surface area contributed by atoms with Crippen LogP contribution in [0.3, 0.4) is 0 Å². The van der Waals surface area contributed by atoms with Gasteiger partial charge in [0.25, 0.3) is 0 Å². The van der Waals surface area contributed by atoms with Crippen molar-refractivity contribution in [1.29, 1.82) is 0 Å². The number of benzene rings is 3. The Kier molecular flexibility index (Phi) is 5.62. The SMILES string of the molecule is O=C(Cc1ccc2ccccc2c1)NCCCOc1ccccc1F. The number of rotatable bonds is 7. The van der Waals surface area contributed by atoms with Gasteiger partial charge in [0.1, 0.15) is 0 Å². The lowest BCUT2D eigenvalue weighted by atomic mass is 10.0. The maximum Gasteiger partial charge on any atom is 0.224 e. The summed E-state index contributed by atoms with van der Waals surface area (Å²) in [6.45, 7) is 0.859. The van der Waals surface area contributed by atoms with Gasteiger partial charge in [-0.1, -0.05) is 54.6 Å². The van der Waals surface area contributed by atoms with Crippen molar-refractivity contribution in [1.82, 2.24) is 5.32 Å². The van der Waals surface area contributed by atoms with Crippen molar-refractivity contribution in [3.05, 3.63) is 78.1 Å². The Balaban J connectivity index is 1.41. The lowest BCUT2D eigenvalue weighted by molar-refractivity contribution is -0.120. The third-order valence-corrected chi connectivity index (χ3v) is 3.92. The van der Waals surface area contributed by atoms with Gasteiger partial charge in [0.15, 0.2) is 11.6 Å². The minimum Gasteiger partial charge on any atom is -0.490 e. The predicted molar refractivity (Wildman–Crippen MR) is 97.2 cm³/mol. The zero-order chi connectivity index (χ0) is 17.5. The van der Waals surface area contributed by atoms with Crippen molar-refractivity contribution in [2.24, 2.45) is 0 Å². The van der Waals surface area contributed by atoms with Crippen LogP contribution in [-0.4, -0.2) is 19.1 Å². The van der Waals surface area contributed by atoms with Crippen LogP contribution in [0.25, 0.3) is 10.8 Å². The molecular formula is C21H20FNO2. The van der Waals surface area contributed by atoms with Crippen LogP contribution in [0.4, 0.5) is 4.39 Å². The van der Waals surface area contributed by atoms with Crippen molar-refractivity contribution in [3.8, 4) is 5.75 Å². The number of fused-ring (bicyclic) bond motifs is 1. The Bertz CT molecular complexity index is 863. The number of carbonyl (C=O) groups excluding carboxylic acids is 1. The molecule has 0 fully saturated rings. The minimum atomic E-state index is -0.372. The number of halogens is 1. The summed E-state index contributed by atoms with van der Waals surface area (Å²) in [5, 5.41) is 5.16. The summed E-state index contributed by atoms with van der Waals surface area (Å²) < 4.78 is 18.7. The van der Waals surface area contributed by atoms with E-state index < -0.39 is 0 Å². The number of hydrogen-bond donors (Lipinski definition) is 1. The summed E-state index contributed by atoms with van der Waals surface area (Å²) in [5.41, 5.74) is 0.985. The first kappa shape index (κ1) is 17.0. The number of hydrogen-bond acceptors (Lipinski definition) is 2. The molecule has 0 heterocycles. The molecule has 0 spiro atoms. The van der Waals surface area contributed by atoms with Gasteiger partial charge in [0, 0.05) is 6.54 Å². The fraction of sp³-hybridized carbons (Fsp3) is 0.190. The fourth-order valence-corrected chi connectivity index (χ4v) is 2.64. The van der Waals surface area contributed by atoms with E-state index in [4.69, 9.17) is 4.74 Å². The van der Waals surface area contributed by atoms with Crippen LogP contribution in [0, 0.1) is 5.82 Å². The second kappa shape index (κ2) is 8.29. The van der Waals surface area contributed by atoms with E-state index in [2.05, 4.69) is 11.4 Å². The molecule has 4 heteroatoms.